The molecule has 0 saturated heterocycles. The maximum absolute atomic E-state index is 13.5. The van der Waals surface area contributed by atoms with Gasteiger partial charge in [-0.25, -0.2) is 14.8 Å². The summed E-state index contributed by atoms with van der Waals surface area (Å²) in [5, 5.41) is 16.9. The number of aromatic carboxylic acids is 1. The van der Waals surface area contributed by atoms with E-state index in [1.54, 1.807) is 12.1 Å². The number of nitrogens with one attached hydrogen (secondary N) is 2. The molecule has 1 amide bonds. The van der Waals surface area contributed by atoms with Crippen molar-refractivity contribution in [3.63, 3.8) is 0 Å². The van der Waals surface area contributed by atoms with Crippen LogP contribution in [0.1, 0.15) is 39.5 Å². The number of hydrogen-bond acceptors (Lipinski definition) is 7. The number of anilines is 1. The number of nitrogens with zero attached hydrogens (tertiary/aromatic N) is 2. The Morgan fingerprint density at radius 3 is 2.67 bits per heavy atom. The summed E-state index contributed by atoms with van der Waals surface area (Å²) in [5.41, 5.74) is 5.15. The van der Waals surface area contributed by atoms with Crippen molar-refractivity contribution in [2.24, 2.45) is 0 Å². The van der Waals surface area contributed by atoms with Gasteiger partial charge in [-0.05, 0) is 72.8 Å². The normalized spacial score (nSPS) is 14.6. The molecule has 3 N–H and O–H groups in total. The number of aromatic nitrogens is 2. The van der Waals surface area contributed by atoms with E-state index in [0.29, 0.717) is 24.0 Å². The standard InChI is InChI=1S/C33H30N4O4S/c38-31(37-33-36-27-10-4-5-11-29(27)42-33)25-20-34-17-16-22-12-13-23(19-24(22)25)26-14-15-28(30(35-26)32(39)40)41-18-6-9-21-7-2-1-3-8-21/h1-5,7-8,10-15,19,25,34H,6,9,16-18,20H2,(H,39,40)(H,36,37,38). The Hall–Kier alpha value is -4.60. The van der Waals surface area contributed by atoms with Gasteiger partial charge in [0.2, 0.25) is 5.91 Å². The summed E-state index contributed by atoms with van der Waals surface area (Å²) in [6.45, 7) is 1.62. The van der Waals surface area contributed by atoms with Crippen LogP contribution in [0.4, 0.5) is 5.13 Å². The zero-order valence-corrected chi connectivity index (χ0v) is 23.7. The van der Waals surface area contributed by atoms with Crippen molar-refractivity contribution < 1.29 is 19.4 Å². The second kappa shape index (κ2) is 12.5. The number of carbonyl (C=O) groups is 2. The molecule has 0 saturated carbocycles. The molecule has 1 unspecified atom stereocenters. The first kappa shape index (κ1) is 27.6. The highest BCUT2D eigenvalue weighted by molar-refractivity contribution is 7.22. The number of ether oxygens (including phenoxy) is 1. The number of pyridine rings is 1. The van der Waals surface area contributed by atoms with Crippen LogP contribution >= 0.6 is 11.3 Å². The topological polar surface area (TPSA) is 113 Å². The summed E-state index contributed by atoms with van der Waals surface area (Å²) in [4.78, 5) is 34.6. The maximum atomic E-state index is 13.5. The first-order valence-corrected chi connectivity index (χ1v) is 14.8. The van der Waals surface area contributed by atoms with Crippen LogP contribution in [-0.2, 0) is 17.6 Å². The zero-order valence-electron chi connectivity index (χ0n) is 22.9. The molecule has 8 nitrogen and oxygen atoms in total. The van der Waals surface area contributed by atoms with Gasteiger partial charge in [-0.3, -0.25) is 4.79 Å². The van der Waals surface area contributed by atoms with E-state index in [2.05, 4.69) is 32.7 Å². The van der Waals surface area contributed by atoms with E-state index in [-0.39, 0.29) is 17.4 Å². The predicted octanol–water partition coefficient (Wildman–Crippen LogP) is 5.94. The van der Waals surface area contributed by atoms with Crippen molar-refractivity contribution in [1.29, 1.82) is 0 Å². The van der Waals surface area contributed by atoms with Gasteiger partial charge in [0.05, 0.1) is 28.4 Å². The third kappa shape index (κ3) is 6.17. The van der Waals surface area contributed by atoms with E-state index >= 15 is 0 Å². The van der Waals surface area contributed by atoms with Crippen molar-refractivity contribution in [3.8, 4) is 17.0 Å². The van der Waals surface area contributed by atoms with Gasteiger partial charge in [0, 0.05) is 12.1 Å². The number of aryl methyl sites for hydroxylation is 1. The van der Waals surface area contributed by atoms with Crippen LogP contribution < -0.4 is 15.4 Å². The molecule has 3 aromatic carbocycles. The lowest BCUT2D eigenvalue weighted by atomic mass is 9.90. The highest BCUT2D eigenvalue weighted by Crippen LogP contribution is 2.32. The van der Waals surface area contributed by atoms with Crippen molar-refractivity contribution in [2.45, 2.75) is 25.2 Å². The highest BCUT2D eigenvalue weighted by atomic mass is 32.1. The van der Waals surface area contributed by atoms with E-state index in [0.717, 1.165) is 52.7 Å². The van der Waals surface area contributed by atoms with E-state index in [9.17, 15) is 14.7 Å². The molecule has 2 aromatic heterocycles. The van der Waals surface area contributed by atoms with Crippen LogP contribution in [-0.4, -0.2) is 46.6 Å². The number of carboxylic acid groups (broad SMARTS) is 1. The Balaban J connectivity index is 1.21. The molecule has 0 aliphatic carbocycles. The molecule has 0 bridgehead atoms. The second-order valence-electron chi connectivity index (χ2n) is 10.2. The van der Waals surface area contributed by atoms with Gasteiger partial charge in [-0.2, -0.15) is 0 Å². The molecule has 42 heavy (non-hydrogen) atoms. The van der Waals surface area contributed by atoms with Gasteiger partial charge in [0.15, 0.2) is 16.6 Å². The quantitative estimate of drug-likeness (QED) is 0.186. The number of para-hydroxylation sites is 1. The minimum Gasteiger partial charge on any atom is -0.491 e. The monoisotopic (exact) mass is 578 g/mol. The number of fused-ring (bicyclic) bond motifs is 2. The fourth-order valence-electron chi connectivity index (χ4n) is 5.22. The zero-order chi connectivity index (χ0) is 28.9. The van der Waals surface area contributed by atoms with E-state index in [1.807, 2.05) is 60.7 Å². The average molecular weight is 579 g/mol. The Kier molecular flexibility index (Phi) is 8.21. The molecule has 0 spiro atoms. The molecule has 3 heterocycles. The van der Waals surface area contributed by atoms with Crippen molar-refractivity contribution in [3.05, 3.63) is 107 Å². The van der Waals surface area contributed by atoms with Gasteiger partial charge < -0.3 is 20.5 Å². The molecule has 9 heteroatoms. The number of carboxylic acids is 1. The first-order valence-electron chi connectivity index (χ1n) is 14.0. The van der Waals surface area contributed by atoms with Crippen molar-refractivity contribution in [1.82, 2.24) is 15.3 Å². The largest absolute Gasteiger partial charge is 0.491 e. The maximum Gasteiger partial charge on any atom is 0.358 e. The van der Waals surface area contributed by atoms with Crippen LogP contribution in [0.25, 0.3) is 21.5 Å². The number of rotatable bonds is 9. The summed E-state index contributed by atoms with van der Waals surface area (Å²) in [6, 6.07) is 27.2. The predicted molar refractivity (Wildman–Crippen MR) is 164 cm³/mol. The lowest BCUT2D eigenvalue weighted by Gasteiger charge is -2.18. The molecule has 1 aliphatic heterocycles. The number of hydrogen-bond donors (Lipinski definition) is 3. The lowest BCUT2D eigenvalue weighted by molar-refractivity contribution is -0.117. The van der Waals surface area contributed by atoms with Gasteiger partial charge >= 0.3 is 5.97 Å². The summed E-state index contributed by atoms with van der Waals surface area (Å²) in [7, 11) is 0. The molecule has 0 radical (unpaired) electrons. The van der Waals surface area contributed by atoms with Crippen molar-refractivity contribution >= 4 is 38.6 Å². The molecule has 212 valence electrons. The number of amides is 1. The molecule has 5 aromatic rings. The summed E-state index contributed by atoms with van der Waals surface area (Å²) in [5.74, 6) is -1.49. The summed E-state index contributed by atoms with van der Waals surface area (Å²) >= 11 is 1.45. The lowest BCUT2D eigenvalue weighted by Crippen LogP contribution is -2.29. The Morgan fingerprint density at radius 2 is 1.83 bits per heavy atom. The first-order chi connectivity index (χ1) is 20.5. The number of benzene rings is 3. The minimum atomic E-state index is -1.15. The van der Waals surface area contributed by atoms with Gasteiger partial charge in [0.1, 0.15) is 0 Å². The third-order valence-electron chi connectivity index (χ3n) is 7.35. The van der Waals surface area contributed by atoms with Gasteiger partial charge in [-0.1, -0.05) is 65.9 Å². The fraction of sp³-hybridized carbons (Fsp3) is 0.212. The molecular formula is C33H30N4O4S. The van der Waals surface area contributed by atoms with Crippen LogP contribution in [0.15, 0.2) is 84.9 Å². The summed E-state index contributed by atoms with van der Waals surface area (Å²) < 4.78 is 6.85. The van der Waals surface area contributed by atoms with Crippen LogP contribution in [0.2, 0.25) is 0 Å². The second-order valence-corrected chi connectivity index (χ2v) is 11.2. The van der Waals surface area contributed by atoms with Crippen LogP contribution in [0.5, 0.6) is 5.75 Å². The fourth-order valence-corrected chi connectivity index (χ4v) is 6.09. The molecule has 0 fully saturated rings. The summed E-state index contributed by atoms with van der Waals surface area (Å²) in [6.07, 6.45) is 2.38. The van der Waals surface area contributed by atoms with E-state index in [1.165, 1.54) is 16.9 Å². The third-order valence-corrected chi connectivity index (χ3v) is 8.30. The van der Waals surface area contributed by atoms with Gasteiger partial charge in [-0.15, -0.1) is 0 Å². The minimum absolute atomic E-state index is 0.131. The number of thiazole rings is 1. The Bertz CT molecular complexity index is 1700. The number of carbonyl (C=O) groups excluding carboxylic acids is 1. The highest BCUT2D eigenvalue weighted by Gasteiger charge is 2.27. The molecule has 1 atom stereocenters. The van der Waals surface area contributed by atoms with Crippen LogP contribution in [0, 0.1) is 0 Å². The van der Waals surface area contributed by atoms with E-state index in [4.69, 9.17) is 4.74 Å². The van der Waals surface area contributed by atoms with Crippen molar-refractivity contribution in [2.75, 3.05) is 25.0 Å². The smallest absolute Gasteiger partial charge is 0.358 e. The van der Waals surface area contributed by atoms with Gasteiger partial charge in [0.25, 0.3) is 0 Å². The van der Waals surface area contributed by atoms with E-state index < -0.39 is 11.9 Å². The van der Waals surface area contributed by atoms with Crippen LogP contribution in [0.3, 0.4) is 0 Å². The Morgan fingerprint density at radius 1 is 1.00 bits per heavy atom. The SMILES string of the molecule is O=C(O)c1nc(-c2ccc3c(c2)C(C(=O)Nc2nc4ccccc4s2)CNCC3)ccc1OCCCc1ccccc1. The molecule has 1 aliphatic rings. The molecule has 6 rings (SSSR count). The average Bonchev–Trinajstić information content (AvgIpc) is 3.29. The molecular weight excluding hydrogens is 548 g/mol. The Labute approximate surface area is 247 Å².